The SMILES string of the molecule is CC(C)CC1CN(Cc2cncc(F)c2)C(C2CC2)CN1. The van der Waals surface area contributed by atoms with Crippen LogP contribution in [0.4, 0.5) is 4.39 Å². The summed E-state index contributed by atoms with van der Waals surface area (Å²) in [7, 11) is 0. The maximum absolute atomic E-state index is 13.3. The first-order valence-corrected chi connectivity index (χ1v) is 8.18. The summed E-state index contributed by atoms with van der Waals surface area (Å²) in [5.41, 5.74) is 0.992. The average Bonchev–Trinajstić information content (AvgIpc) is 3.22. The summed E-state index contributed by atoms with van der Waals surface area (Å²) in [5.74, 6) is 1.31. The van der Waals surface area contributed by atoms with Gasteiger partial charge in [0.1, 0.15) is 5.82 Å². The van der Waals surface area contributed by atoms with Crippen molar-refractivity contribution in [2.24, 2.45) is 11.8 Å². The van der Waals surface area contributed by atoms with E-state index in [9.17, 15) is 4.39 Å². The maximum atomic E-state index is 13.3. The van der Waals surface area contributed by atoms with Gasteiger partial charge in [-0.15, -0.1) is 0 Å². The van der Waals surface area contributed by atoms with E-state index in [1.807, 2.05) is 0 Å². The Labute approximate surface area is 126 Å². The van der Waals surface area contributed by atoms with Gasteiger partial charge in [0.2, 0.25) is 0 Å². The third-order valence-corrected chi connectivity index (χ3v) is 4.61. The van der Waals surface area contributed by atoms with E-state index in [2.05, 4.69) is 29.0 Å². The van der Waals surface area contributed by atoms with Gasteiger partial charge in [-0.3, -0.25) is 9.88 Å². The first-order chi connectivity index (χ1) is 10.1. The van der Waals surface area contributed by atoms with Crippen molar-refractivity contribution in [1.82, 2.24) is 15.2 Å². The summed E-state index contributed by atoms with van der Waals surface area (Å²) in [4.78, 5) is 6.54. The molecule has 116 valence electrons. The third-order valence-electron chi connectivity index (χ3n) is 4.61. The lowest BCUT2D eigenvalue weighted by molar-refractivity contribution is 0.1000. The quantitative estimate of drug-likeness (QED) is 0.904. The van der Waals surface area contributed by atoms with E-state index in [-0.39, 0.29) is 5.82 Å². The van der Waals surface area contributed by atoms with Crippen molar-refractivity contribution in [3.63, 3.8) is 0 Å². The number of hydrogen-bond donors (Lipinski definition) is 1. The minimum Gasteiger partial charge on any atom is -0.311 e. The summed E-state index contributed by atoms with van der Waals surface area (Å²) in [6.45, 7) is 7.51. The fourth-order valence-electron chi connectivity index (χ4n) is 3.53. The van der Waals surface area contributed by atoms with Crippen molar-refractivity contribution in [1.29, 1.82) is 0 Å². The highest BCUT2D eigenvalue weighted by molar-refractivity contribution is 5.11. The second-order valence-electron chi connectivity index (χ2n) is 7.08. The summed E-state index contributed by atoms with van der Waals surface area (Å²) in [6.07, 6.45) is 6.97. The molecular formula is C17H26FN3. The number of halogens is 1. The van der Waals surface area contributed by atoms with Gasteiger partial charge in [0.05, 0.1) is 6.20 Å². The summed E-state index contributed by atoms with van der Waals surface area (Å²) >= 11 is 0. The predicted molar refractivity (Wildman–Crippen MR) is 82.4 cm³/mol. The molecule has 0 amide bonds. The van der Waals surface area contributed by atoms with Gasteiger partial charge in [0.25, 0.3) is 0 Å². The molecule has 2 fully saturated rings. The average molecular weight is 291 g/mol. The van der Waals surface area contributed by atoms with E-state index in [0.717, 1.165) is 31.1 Å². The molecule has 2 unspecified atom stereocenters. The van der Waals surface area contributed by atoms with Crippen molar-refractivity contribution in [3.8, 4) is 0 Å². The van der Waals surface area contributed by atoms with Gasteiger partial charge in [0.15, 0.2) is 0 Å². The van der Waals surface area contributed by atoms with E-state index >= 15 is 0 Å². The van der Waals surface area contributed by atoms with E-state index in [1.165, 1.54) is 25.5 Å². The molecule has 1 saturated heterocycles. The Balaban J connectivity index is 1.68. The van der Waals surface area contributed by atoms with Gasteiger partial charge in [-0.05, 0) is 42.7 Å². The Kier molecular flexibility index (Phi) is 4.55. The molecule has 1 N–H and O–H groups in total. The van der Waals surface area contributed by atoms with Gasteiger partial charge in [0, 0.05) is 37.9 Å². The lowest BCUT2D eigenvalue weighted by Gasteiger charge is -2.41. The highest BCUT2D eigenvalue weighted by Crippen LogP contribution is 2.37. The molecule has 1 aromatic heterocycles. The molecule has 2 atom stereocenters. The molecule has 3 rings (SSSR count). The molecule has 0 bridgehead atoms. The first-order valence-electron chi connectivity index (χ1n) is 8.18. The highest BCUT2D eigenvalue weighted by atomic mass is 19.1. The van der Waals surface area contributed by atoms with Gasteiger partial charge in [-0.1, -0.05) is 13.8 Å². The fourth-order valence-corrected chi connectivity index (χ4v) is 3.53. The molecule has 21 heavy (non-hydrogen) atoms. The zero-order valence-electron chi connectivity index (χ0n) is 13.1. The Morgan fingerprint density at radius 3 is 2.86 bits per heavy atom. The molecule has 2 heterocycles. The van der Waals surface area contributed by atoms with Crippen molar-refractivity contribution in [3.05, 3.63) is 29.8 Å². The van der Waals surface area contributed by atoms with E-state index in [1.54, 1.807) is 12.3 Å². The lowest BCUT2D eigenvalue weighted by atomic mass is 9.97. The maximum Gasteiger partial charge on any atom is 0.141 e. The van der Waals surface area contributed by atoms with E-state index in [4.69, 9.17) is 0 Å². The minimum absolute atomic E-state index is 0.232. The predicted octanol–water partition coefficient (Wildman–Crippen LogP) is 2.82. The standard InChI is InChI=1S/C17H26FN3/c1-12(2)5-16-11-21(17(9-20-16)14-3-4-14)10-13-6-15(18)8-19-7-13/h6-8,12,14,16-17,20H,3-5,9-11H2,1-2H3. The Morgan fingerprint density at radius 2 is 2.19 bits per heavy atom. The summed E-state index contributed by atoms with van der Waals surface area (Å²) < 4.78 is 13.3. The topological polar surface area (TPSA) is 28.2 Å². The largest absolute Gasteiger partial charge is 0.311 e. The minimum atomic E-state index is -0.232. The second kappa shape index (κ2) is 6.41. The van der Waals surface area contributed by atoms with Gasteiger partial charge in [-0.25, -0.2) is 4.39 Å². The number of hydrogen-bond acceptors (Lipinski definition) is 3. The number of pyridine rings is 1. The molecule has 0 radical (unpaired) electrons. The second-order valence-corrected chi connectivity index (χ2v) is 7.08. The van der Waals surface area contributed by atoms with Crippen LogP contribution in [0.25, 0.3) is 0 Å². The van der Waals surface area contributed by atoms with Gasteiger partial charge >= 0.3 is 0 Å². The van der Waals surface area contributed by atoms with Crippen LogP contribution >= 0.6 is 0 Å². The van der Waals surface area contributed by atoms with Crippen LogP contribution in [-0.2, 0) is 6.54 Å². The number of piperazine rings is 1. The van der Waals surface area contributed by atoms with Crippen molar-refractivity contribution in [2.45, 2.75) is 51.7 Å². The molecule has 3 nitrogen and oxygen atoms in total. The van der Waals surface area contributed by atoms with Crippen LogP contribution in [0, 0.1) is 17.7 Å². The van der Waals surface area contributed by atoms with Crippen LogP contribution in [0.1, 0.15) is 38.7 Å². The van der Waals surface area contributed by atoms with Gasteiger partial charge in [-0.2, -0.15) is 0 Å². The van der Waals surface area contributed by atoms with E-state index in [0.29, 0.717) is 18.0 Å². The van der Waals surface area contributed by atoms with E-state index < -0.39 is 0 Å². The number of nitrogens with zero attached hydrogens (tertiary/aromatic N) is 2. The van der Waals surface area contributed by atoms with Gasteiger partial charge < -0.3 is 5.32 Å². The number of nitrogens with one attached hydrogen (secondary N) is 1. The highest BCUT2D eigenvalue weighted by Gasteiger charge is 2.38. The lowest BCUT2D eigenvalue weighted by Crippen LogP contribution is -2.57. The molecule has 1 saturated carbocycles. The van der Waals surface area contributed by atoms with Crippen LogP contribution in [-0.4, -0.2) is 35.1 Å². The molecule has 1 aromatic rings. The molecular weight excluding hydrogens is 265 g/mol. The summed E-state index contributed by atoms with van der Waals surface area (Å²) in [5, 5.41) is 3.72. The van der Waals surface area contributed by atoms with Crippen molar-refractivity contribution in [2.75, 3.05) is 13.1 Å². The Hall–Kier alpha value is -1.00. The van der Waals surface area contributed by atoms with Crippen LogP contribution < -0.4 is 5.32 Å². The molecule has 0 aromatic carbocycles. The zero-order valence-corrected chi connectivity index (χ0v) is 13.1. The number of rotatable bonds is 5. The van der Waals surface area contributed by atoms with Crippen molar-refractivity contribution >= 4 is 0 Å². The molecule has 4 heteroatoms. The molecule has 1 aliphatic carbocycles. The molecule has 0 spiro atoms. The number of aromatic nitrogens is 1. The first kappa shape index (κ1) is 14.9. The fraction of sp³-hybridized carbons (Fsp3) is 0.706. The van der Waals surface area contributed by atoms with Crippen LogP contribution in [0.3, 0.4) is 0 Å². The Bertz CT molecular complexity index is 473. The smallest absolute Gasteiger partial charge is 0.141 e. The van der Waals surface area contributed by atoms with Crippen molar-refractivity contribution < 1.29 is 4.39 Å². The summed E-state index contributed by atoms with van der Waals surface area (Å²) in [6, 6.07) is 2.79. The molecule has 2 aliphatic rings. The normalized spacial score (nSPS) is 27.2. The van der Waals surface area contributed by atoms with Crippen LogP contribution in [0.2, 0.25) is 0 Å². The Morgan fingerprint density at radius 1 is 1.38 bits per heavy atom. The van der Waals surface area contributed by atoms with Crippen LogP contribution in [0.15, 0.2) is 18.5 Å². The van der Waals surface area contributed by atoms with Crippen LogP contribution in [0.5, 0.6) is 0 Å². The monoisotopic (exact) mass is 291 g/mol. The third kappa shape index (κ3) is 4.01. The molecule has 1 aliphatic heterocycles. The zero-order chi connectivity index (χ0) is 14.8.